The summed E-state index contributed by atoms with van der Waals surface area (Å²) in [4.78, 5) is 27.8. The van der Waals surface area contributed by atoms with Gasteiger partial charge in [-0.25, -0.2) is 4.99 Å². The SMILES string of the molecule is O=C1NC(=O)C2C=CC=c3c2c1cc1c3=CN=CO1. The Kier molecular flexibility index (Phi) is 1.84. The van der Waals surface area contributed by atoms with Crippen molar-refractivity contribution in [3.8, 4) is 5.75 Å². The summed E-state index contributed by atoms with van der Waals surface area (Å²) in [5.74, 6) is -0.505. The molecule has 4 rings (SSSR count). The summed E-state index contributed by atoms with van der Waals surface area (Å²) >= 11 is 0. The number of hydrogen-bond acceptors (Lipinski definition) is 4. The molecule has 1 N–H and O–H groups in total. The van der Waals surface area contributed by atoms with Gasteiger partial charge in [0.25, 0.3) is 5.91 Å². The predicted molar refractivity (Wildman–Crippen MR) is 68.1 cm³/mol. The van der Waals surface area contributed by atoms with Gasteiger partial charge in [0.15, 0.2) is 6.40 Å². The third kappa shape index (κ3) is 1.26. The minimum Gasteiger partial charge on any atom is -0.445 e. The molecule has 3 aliphatic rings. The van der Waals surface area contributed by atoms with Gasteiger partial charge >= 0.3 is 0 Å². The Labute approximate surface area is 107 Å². The Morgan fingerprint density at radius 2 is 2.16 bits per heavy atom. The van der Waals surface area contributed by atoms with Crippen molar-refractivity contribution >= 4 is 30.5 Å². The van der Waals surface area contributed by atoms with Gasteiger partial charge in [-0.2, -0.15) is 0 Å². The molecule has 5 nitrogen and oxygen atoms in total. The Morgan fingerprint density at radius 1 is 1.26 bits per heavy atom. The summed E-state index contributed by atoms with van der Waals surface area (Å²) in [6.07, 6.45) is 8.48. The van der Waals surface area contributed by atoms with E-state index in [1.54, 1.807) is 18.3 Å². The summed E-state index contributed by atoms with van der Waals surface area (Å²) in [6, 6.07) is 1.66. The number of nitrogens with one attached hydrogen (secondary N) is 1. The number of carbonyl (C=O) groups excluding carboxylic acids is 2. The number of carbonyl (C=O) groups is 2. The summed E-state index contributed by atoms with van der Waals surface area (Å²) in [5, 5.41) is 4.00. The third-order valence-electron chi connectivity index (χ3n) is 3.50. The zero-order valence-electron chi connectivity index (χ0n) is 9.71. The molecule has 0 bridgehead atoms. The van der Waals surface area contributed by atoms with Crippen molar-refractivity contribution < 1.29 is 14.3 Å². The Bertz CT molecular complexity index is 818. The average molecular weight is 252 g/mol. The van der Waals surface area contributed by atoms with Crippen LogP contribution in [0.3, 0.4) is 0 Å². The minimum atomic E-state index is -0.419. The molecule has 1 aromatic carbocycles. The van der Waals surface area contributed by atoms with E-state index in [2.05, 4.69) is 10.3 Å². The molecule has 1 unspecified atom stereocenters. The van der Waals surface area contributed by atoms with Gasteiger partial charge in [0.05, 0.1) is 5.92 Å². The van der Waals surface area contributed by atoms with Gasteiger partial charge in [-0.15, -0.1) is 0 Å². The van der Waals surface area contributed by atoms with E-state index >= 15 is 0 Å². The molecule has 2 aliphatic heterocycles. The molecule has 92 valence electrons. The first-order chi connectivity index (χ1) is 9.25. The lowest BCUT2D eigenvalue weighted by atomic mass is 9.84. The first kappa shape index (κ1) is 10.3. The zero-order chi connectivity index (χ0) is 13.0. The van der Waals surface area contributed by atoms with Crippen LogP contribution in [0.4, 0.5) is 0 Å². The fraction of sp³-hybridized carbons (Fsp3) is 0.0714. The van der Waals surface area contributed by atoms with E-state index in [0.717, 1.165) is 16.0 Å². The van der Waals surface area contributed by atoms with Crippen LogP contribution in [0, 0.1) is 0 Å². The van der Waals surface area contributed by atoms with Gasteiger partial charge in [-0.1, -0.05) is 18.2 Å². The second kappa shape index (κ2) is 3.41. The fourth-order valence-corrected chi connectivity index (χ4v) is 2.67. The summed E-state index contributed by atoms with van der Waals surface area (Å²) < 4.78 is 5.33. The number of rotatable bonds is 0. The van der Waals surface area contributed by atoms with Crippen LogP contribution in [0.5, 0.6) is 5.75 Å². The summed E-state index contributed by atoms with van der Waals surface area (Å²) in [6.45, 7) is 0. The van der Waals surface area contributed by atoms with Crippen molar-refractivity contribution in [2.24, 2.45) is 4.99 Å². The smallest absolute Gasteiger partial charge is 0.258 e. The van der Waals surface area contributed by atoms with Gasteiger partial charge < -0.3 is 4.74 Å². The van der Waals surface area contributed by atoms with Gasteiger partial charge in [-0.3, -0.25) is 14.9 Å². The van der Waals surface area contributed by atoms with E-state index in [9.17, 15) is 9.59 Å². The lowest BCUT2D eigenvalue weighted by molar-refractivity contribution is -0.120. The standard InChI is InChI=1S/C14H8N2O3/c17-13-8-3-1-2-7-10-5-15-6-19-11(10)4-9(12(7)8)14(18)16-13/h1-6,8H,(H,16,17,18). The van der Waals surface area contributed by atoms with E-state index in [1.807, 2.05) is 12.2 Å². The van der Waals surface area contributed by atoms with Crippen LogP contribution in [0.15, 0.2) is 23.2 Å². The molecule has 1 atom stereocenters. The molecule has 2 heterocycles. The Balaban J connectivity index is 2.20. The number of fused-ring (bicyclic) bond motifs is 2. The number of imide groups is 1. The minimum absolute atomic E-state index is 0.289. The molecular weight excluding hydrogens is 244 g/mol. The van der Waals surface area contributed by atoms with Crippen molar-refractivity contribution in [1.82, 2.24) is 5.32 Å². The number of allylic oxidation sites excluding steroid dienone is 1. The highest BCUT2D eigenvalue weighted by Crippen LogP contribution is 2.26. The Hall–Kier alpha value is -2.69. The second-order valence-corrected chi connectivity index (χ2v) is 4.51. The predicted octanol–water partition coefficient (Wildman–Crippen LogP) is -0.451. The molecule has 1 aromatic rings. The second-order valence-electron chi connectivity index (χ2n) is 4.51. The molecule has 19 heavy (non-hydrogen) atoms. The van der Waals surface area contributed by atoms with Crippen molar-refractivity contribution in [2.75, 3.05) is 0 Å². The van der Waals surface area contributed by atoms with E-state index in [1.165, 1.54) is 6.40 Å². The van der Waals surface area contributed by atoms with Crippen LogP contribution in [-0.4, -0.2) is 18.2 Å². The van der Waals surface area contributed by atoms with E-state index in [4.69, 9.17) is 4.74 Å². The van der Waals surface area contributed by atoms with Crippen molar-refractivity contribution in [1.29, 1.82) is 0 Å². The first-order valence-electron chi connectivity index (χ1n) is 5.85. The van der Waals surface area contributed by atoms with Crippen LogP contribution < -0.4 is 20.5 Å². The number of ether oxygens (including phenoxy) is 1. The van der Waals surface area contributed by atoms with Gasteiger partial charge in [0.1, 0.15) is 5.75 Å². The topological polar surface area (TPSA) is 67.8 Å². The number of aliphatic imine (C=N–C) groups is 1. The molecule has 1 aliphatic carbocycles. The maximum Gasteiger partial charge on any atom is 0.258 e. The maximum atomic E-state index is 12.0. The number of hydrogen-bond donors (Lipinski definition) is 1. The van der Waals surface area contributed by atoms with Crippen molar-refractivity contribution in [2.45, 2.75) is 5.92 Å². The fourth-order valence-electron chi connectivity index (χ4n) is 2.67. The van der Waals surface area contributed by atoms with E-state index in [-0.39, 0.29) is 11.8 Å². The van der Waals surface area contributed by atoms with E-state index < -0.39 is 5.92 Å². The molecule has 5 heteroatoms. The van der Waals surface area contributed by atoms with Crippen LogP contribution in [-0.2, 0) is 4.79 Å². The molecule has 0 saturated heterocycles. The lowest BCUT2D eigenvalue weighted by Gasteiger charge is -2.25. The third-order valence-corrected chi connectivity index (χ3v) is 3.50. The maximum absolute atomic E-state index is 12.0. The van der Waals surface area contributed by atoms with Crippen LogP contribution in [0.2, 0.25) is 0 Å². The van der Waals surface area contributed by atoms with Gasteiger partial charge in [0, 0.05) is 17.0 Å². The largest absolute Gasteiger partial charge is 0.445 e. The lowest BCUT2D eigenvalue weighted by Crippen LogP contribution is -2.46. The molecule has 0 aromatic heterocycles. The molecule has 0 spiro atoms. The number of amides is 2. The highest BCUT2D eigenvalue weighted by molar-refractivity contribution is 6.12. The van der Waals surface area contributed by atoms with Crippen LogP contribution in [0.25, 0.3) is 12.3 Å². The summed E-state index contributed by atoms with van der Waals surface area (Å²) in [7, 11) is 0. The van der Waals surface area contributed by atoms with Crippen LogP contribution >= 0.6 is 0 Å². The summed E-state index contributed by atoms with van der Waals surface area (Å²) in [5.41, 5.74) is 1.23. The highest BCUT2D eigenvalue weighted by Gasteiger charge is 2.33. The quantitative estimate of drug-likeness (QED) is 0.636. The normalized spacial score (nSPS) is 21.6. The molecular formula is C14H8N2O3. The number of benzene rings is 1. The van der Waals surface area contributed by atoms with Gasteiger partial charge in [-0.05, 0) is 16.8 Å². The Morgan fingerprint density at radius 3 is 3.05 bits per heavy atom. The van der Waals surface area contributed by atoms with E-state index in [0.29, 0.717) is 11.3 Å². The van der Waals surface area contributed by atoms with Crippen LogP contribution in [0.1, 0.15) is 21.8 Å². The first-order valence-corrected chi connectivity index (χ1v) is 5.85. The average Bonchev–Trinajstić information content (AvgIpc) is 2.44. The monoisotopic (exact) mass is 252 g/mol. The zero-order valence-corrected chi connectivity index (χ0v) is 9.71. The highest BCUT2D eigenvalue weighted by atomic mass is 16.5. The molecule has 0 saturated carbocycles. The van der Waals surface area contributed by atoms with Gasteiger partial charge in [0.2, 0.25) is 5.91 Å². The van der Waals surface area contributed by atoms with Crippen molar-refractivity contribution in [3.63, 3.8) is 0 Å². The molecule has 2 amide bonds. The molecule has 0 fully saturated rings. The number of nitrogens with zero attached hydrogens (tertiary/aromatic N) is 1. The molecule has 0 radical (unpaired) electrons. The van der Waals surface area contributed by atoms with Crippen molar-refractivity contribution in [3.05, 3.63) is 39.8 Å².